The number of nitrogen functional groups attached to an aromatic ring is 1. The van der Waals surface area contributed by atoms with Crippen LogP contribution in [0.3, 0.4) is 0 Å². The van der Waals surface area contributed by atoms with Gasteiger partial charge in [0.1, 0.15) is 0 Å². The molecule has 0 amide bonds. The molecule has 0 aliphatic heterocycles. The Kier molecular flexibility index (Phi) is 3.40. The number of benzene rings is 2. The highest BCUT2D eigenvalue weighted by Gasteiger charge is 2.03. The molecule has 0 bridgehead atoms. The highest BCUT2D eigenvalue weighted by Crippen LogP contribution is 2.26. The second-order valence-corrected chi connectivity index (χ2v) is 4.41. The molecule has 0 radical (unpaired) electrons. The van der Waals surface area contributed by atoms with E-state index in [1.807, 2.05) is 31.2 Å². The van der Waals surface area contributed by atoms with Crippen LogP contribution >= 0.6 is 11.6 Å². The summed E-state index contributed by atoms with van der Waals surface area (Å²) in [6.45, 7) is 1.95. The summed E-state index contributed by atoms with van der Waals surface area (Å²) in [5.41, 5.74) is 9.59. The second kappa shape index (κ2) is 4.99. The van der Waals surface area contributed by atoms with Crippen LogP contribution in [0.25, 0.3) is 0 Å². The SMILES string of the molecule is Cc1ccc(Nc2ccc(C#N)cc2N)cc1Cl. The van der Waals surface area contributed by atoms with Gasteiger partial charge in [-0.3, -0.25) is 0 Å². The van der Waals surface area contributed by atoms with Gasteiger partial charge in [0.2, 0.25) is 0 Å². The van der Waals surface area contributed by atoms with Gasteiger partial charge in [-0.2, -0.15) is 5.26 Å². The van der Waals surface area contributed by atoms with E-state index < -0.39 is 0 Å². The van der Waals surface area contributed by atoms with Crippen LogP contribution in [-0.2, 0) is 0 Å². The highest BCUT2D eigenvalue weighted by atomic mass is 35.5. The summed E-state index contributed by atoms with van der Waals surface area (Å²) in [4.78, 5) is 0. The first kappa shape index (κ1) is 12.3. The number of nitrogens with two attached hydrogens (primary N) is 1. The quantitative estimate of drug-likeness (QED) is 0.804. The molecule has 0 aliphatic rings. The van der Waals surface area contributed by atoms with Gasteiger partial charge in [0, 0.05) is 10.7 Å². The normalized spacial score (nSPS) is 9.83. The molecule has 4 heteroatoms. The average molecular weight is 258 g/mol. The van der Waals surface area contributed by atoms with Crippen molar-refractivity contribution in [3.8, 4) is 6.07 Å². The lowest BCUT2D eigenvalue weighted by Gasteiger charge is -2.10. The Morgan fingerprint density at radius 1 is 1.22 bits per heavy atom. The predicted molar refractivity (Wildman–Crippen MR) is 75.0 cm³/mol. The van der Waals surface area contributed by atoms with Crippen LogP contribution in [0.4, 0.5) is 17.1 Å². The van der Waals surface area contributed by atoms with Gasteiger partial charge in [-0.15, -0.1) is 0 Å². The van der Waals surface area contributed by atoms with E-state index in [9.17, 15) is 0 Å². The molecule has 0 fully saturated rings. The molecule has 3 N–H and O–H groups in total. The molecule has 0 aliphatic carbocycles. The molecule has 90 valence electrons. The maximum Gasteiger partial charge on any atom is 0.0992 e. The van der Waals surface area contributed by atoms with Crippen molar-refractivity contribution in [2.75, 3.05) is 11.1 Å². The minimum absolute atomic E-state index is 0.533. The number of aryl methyl sites for hydroxylation is 1. The monoisotopic (exact) mass is 257 g/mol. The maximum atomic E-state index is 8.77. The van der Waals surface area contributed by atoms with Gasteiger partial charge in [-0.05, 0) is 42.8 Å². The van der Waals surface area contributed by atoms with E-state index in [4.69, 9.17) is 22.6 Å². The lowest BCUT2D eigenvalue weighted by atomic mass is 10.1. The van der Waals surface area contributed by atoms with Crippen molar-refractivity contribution in [1.29, 1.82) is 5.26 Å². The van der Waals surface area contributed by atoms with Crippen molar-refractivity contribution in [1.82, 2.24) is 0 Å². The standard InChI is InChI=1S/C14H12ClN3/c1-9-2-4-11(7-12(9)15)18-14-5-3-10(8-16)6-13(14)17/h2-7,18H,17H2,1H3. The fraction of sp³-hybridized carbons (Fsp3) is 0.0714. The number of nitrogens with one attached hydrogen (secondary N) is 1. The van der Waals surface area contributed by atoms with Crippen LogP contribution in [0, 0.1) is 18.3 Å². The lowest BCUT2D eigenvalue weighted by molar-refractivity contribution is 1.44. The van der Waals surface area contributed by atoms with Gasteiger partial charge in [0.05, 0.1) is 23.0 Å². The van der Waals surface area contributed by atoms with Crippen molar-refractivity contribution >= 4 is 28.7 Å². The summed E-state index contributed by atoms with van der Waals surface area (Å²) in [5, 5.41) is 12.6. The molecule has 2 aromatic carbocycles. The van der Waals surface area contributed by atoms with Crippen LogP contribution < -0.4 is 11.1 Å². The summed E-state index contributed by atoms with van der Waals surface area (Å²) in [7, 11) is 0. The van der Waals surface area contributed by atoms with E-state index >= 15 is 0 Å². The van der Waals surface area contributed by atoms with E-state index in [2.05, 4.69) is 5.32 Å². The zero-order chi connectivity index (χ0) is 13.1. The first-order valence-corrected chi connectivity index (χ1v) is 5.81. The van der Waals surface area contributed by atoms with Gasteiger partial charge in [-0.25, -0.2) is 0 Å². The average Bonchev–Trinajstić information content (AvgIpc) is 2.36. The van der Waals surface area contributed by atoms with Gasteiger partial charge in [0.15, 0.2) is 0 Å². The van der Waals surface area contributed by atoms with E-state index in [1.54, 1.807) is 18.2 Å². The molecule has 0 aromatic heterocycles. The third kappa shape index (κ3) is 2.55. The van der Waals surface area contributed by atoms with Crippen LogP contribution in [0.15, 0.2) is 36.4 Å². The van der Waals surface area contributed by atoms with E-state index in [-0.39, 0.29) is 0 Å². The Hall–Kier alpha value is -2.18. The van der Waals surface area contributed by atoms with Crippen LogP contribution in [0.5, 0.6) is 0 Å². The number of rotatable bonds is 2. The summed E-state index contributed by atoms with van der Waals surface area (Å²) in [6, 6.07) is 12.9. The Morgan fingerprint density at radius 2 is 2.00 bits per heavy atom. The second-order valence-electron chi connectivity index (χ2n) is 4.00. The number of hydrogen-bond acceptors (Lipinski definition) is 3. The van der Waals surface area contributed by atoms with Crippen LogP contribution in [0.1, 0.15) is 11.1 Å². The first-order valence-electron chi connectivity index (χ1n) is 5.43. The number of anilines is 3. The van der Waals surface area contributed by atoms with Crippen molar-refractivity contribution in [2.45, 2.75) is 6.92 Å². The van der Waals surface area contributed by atoms with Crippen molar-refractivity contribution < 1.29 is 0 Å². The minimum Gasteiger partial charge on any atom is -0.397 e. The van der Waals surface area contributed by atoms with Crippen molar-refractivity contribution in [3.05, 3.63) is 52.5 Å². The zero-order valence-corrected chi connectivity index (χ0v) is 10.6. The van der Waals surface area contributed by atoms with Gasteiger partial charge in [-0.1, -0.05) is 17.7 Å². The van der Waals surface area contributed by atoms with Gasteiger partial charge in [0.25, 0.3) is 0 Å². The summed E-state index contributed by atoms with van der Waals surface area (Å²) >= 11 is 6.05. The molecule has 3 nitrogen and oxygen atoms in total. The number of halogens is 1. The predicted octanol–water partition coefficient (Wildman–Crippen LogP) is 3.85. The largest absolute Gasteiger partial charge is 0.397 e. The van der Waals surface area contributed by atoms with E-state index in [0.717, 1.165) is 16.9 Å². The number of hydrogen-bond donors (Lipinski definition) is 2. The van der Waals surface area contributed by atoms with Crippen LogP contribution in [-0.4, -0.2) is 0 Å². The molecule has 0 saturated carbocycles. The molecular formula is C14H12ClN3. The van der Waals surface area contributed by atoms with E-state index in [1.165, 1.54) is 0 Å². The first-order chi connectivity index (χ1) is 8.60. The van der Waals surface area contributed by atoms with E-state index in [0.29, 0.717) is 16.3 Å². The Morgan fingerprint density at radius 3 is 2.61 bits per heavy atom. The van der Waals surface area contributed by atoms with Crippen molar-refractivity contribution in [3.63, 3.8) is 0 Å². The Labute approximate surface area is 111 Å². The number of nitrogens with zero attached hydrogens (tertiary/aromatic N) is 1. The molecular weight excluding hydrogens is 246 g/mol. The minimum atomic E-state index is 0.533. The Bertz CT molecular complexity index is 629. The zero-order valence-electron chi connectivity index (χ0n) is 9.87. The fourth-order valence-corrected chi connectivity index (χ4v) is 1.75. The fourth-order valence-electron chi connectivity index (χ4n) is 1.57. The van der Waals surface area contributed by atoms with Gasteiger partial charge >= 0.3 is 0 Å². The highest BCUT2D eigenvalue weighted by molar-refractivity contribution is 6.31. The maximum absolute atomic E-state index is 8.77. The topological polar surface area (TPSA) is 61.8 Å². The molecule has 2 aromatic rings. The molecule has 0 heterocycles. The molecule has 0 saturated heterocycles. The third-order valence-electron chi connectivity index (χ3n) is 2.63. The molecule has 0 spiro atoms. The molecule has 18 heavy (non-hydrogen) atoms. The molecule has 0 atom stereocenters. The summed E-state index contributed by atoms with van der Waals surface area (Å²) in [5.74, 6) is 0. The van der Waals surface area contributed by atoms with Crippen LogP contribution in [0.2, 0.25) is 5.02 Å². The molecule has 2 rings (SSSR count). The molecule has 0 unspecified atom stereocenters. The third-order valence-corrected chi connectivity index (χ3v) is 3.04. The smallest absolute Gasteiger partial charge is 0.0992 e. The summed E-state index contributed by atoms with van der Waals surface area (Å²) in [6.07, 6.45) is 0. The Balaban J connectivity index is 2.29. The van der Waals surface area contributed by atoms with Crippen molar-refractivity contribution in [2.24, 2.45) is 0 Å². The lowest BCUT2D eigenvalue weighted by Crippen LogP contribution is -1.97. The van der Waals surface area contributed by atoms with Gasteiger partial charge < -0.3 is 11.1 Å². The summed E-state index contributed by atoms with van der Waals surface area (Å²) < 4.78 is 0. The number of nitriles is 1.